The summed E-state index contributed by atoms with van der Waals surface area (Å²) in [5.74, 6) is -1.29. The molecule has 0 saturated carbocycles. The molecule has 6 nitrogen and oxygen atoms in total. The number of carbonyl (C=O) groups is 1. The minimum absolute atomic E-state index is 0.0689. The van der Waals surface area contributed by atoms with Crippen molar-refractivity contribution in [3.05, 3.63) is 88.3 Å². The molecule has 0 aliphatic heterocycles. The van der Waals surface area contributed by atoms with Crippen LogP contribution in [-0.2, 0) is 11.0 Å². The fourth-order valence-corrected chi connectivity index (χ4v) is 3.89. The highest BCUT2D eigenvalue weighted by molar-refractivity contribution is 6.30. The van der Waals surface area contributed by atoms with Crippen LogP contribution in [0.2, 0.25) is 5.02 Å². The molecular weight excluding hydrogens is 457 g/mol. The molecular formula is C23H18ClF3N4O2. The van der Waals surface area contributed by atoms with Crippen LogP contribution < -0.4 is 9.63 Å². The van der Waals surface area contributed by atoms with E-state index in [9.17, 15) is 23.2 Å². The van der Waals surface area contributed by atoms with Gasteiger partial charge in [-0.05, 0) is 36.8 Å². The largest absolute Gasteiger partial charge is 0.618 e. The van der Waals surface area contributed by atoms with E-state index in [2.05, 4.69) is 5.10 Å². The zero-order chi connectivity index (χ0) is 23.9. The Balaban J connectivity index is 1.78. The predicted molar refractivity (Wildman–Crippen MR) is 118 cm³/mol. The first-order valence-corrected chi connectivity index (χ1v) is 10.3. The second kappa shape index (κ2) is 8.40. The molecule has 0 N–H and O–H groups in total. The number of anilines is 1. The van der Waals surface area contributed by atoms with Gasteiger partial charge in [-0.25, -0.2) is 4.68 Å². The number of aromatic nitrogens is 3. The molecule has 0 spiro atoms. The van der Waals surface area contributed by atoms with Crippen molar-refractivity contribution >= 4 is 34.2 Å². The minimum atomic E-state index is -4.70. The molecule has 170 valence electrons. The predicted octanol–water partition coefficient (Wildman–Crippen LogP) is 5.10. The van der Waals surface area contributed by atoms with Gasteiger partial charge in [-0.3, -0.25) is 9.69 Å². The Bertz CT molecular complexity index is 1350. The number of nitrogens with zero attached hydrogens (tertiary/aromatic N) is 4. The first kappa shape index (κ1) is 22.6. The average Bonchev–Trinajstić information content (AvgIpc) is 3.24. The van der Waals surface area contributed by atoms with Crippen molar-refractivity contribution in [1.82, 2.24) is 9.78 Å². The maximum absolute atomic E-state index is 13.4. The lowest BCUT2D eigenvalue weighted by Gasteiger charge is -2.23. The van der Waals surface area contributed by atoms with Gasteiger partial charge in [0.15, 0.2) is 11.9 Å². The van der Waals surface area contributed by atoms with E-state index in [1.807, 2.05) is 0 Å². The summed E-state index contributed by atoms with van der Waals surface area (Å²) in [6.07, 6.45) is -3.35. The molecule has 10 heteroatoms. The zero-order valence-corrected chi connectivity index (χ0v) is 18.3. The van der Waals surface area contributed by atoms with E-state index in [1.165, 1.54) is 19.3 Å². The van der Waals surface area contributed by atoms with Crippen LogP contribution in [0, 0.1) is 5.21 Å². The van der Waals surface area contributed by atoms with Gasteiger partial charge in [0.05, 0.1) is 17.0 Å². The van der Waals surface area contributed by atoms with Crippen LogP contribution in [0.5, 0.6) is 0 Å². The maximum Gasteiger partial charge on any atom is 0.435 e. The van der Waals surface area contributed by atoms with Crippen molar-refractivity contribution in [3.8, 4) is 5.69 Å². The number of pyridine rings is 1. The molecule has 1 amide bonds. The monoisotopic (exact) mass is 474 g/mol. The van der Waals surface area contributed by atoms with Crippen LogP contribution in [0.1, 0.15) is 24.1 Å². The Labute approximate surface area is 192 Å². The lowest BCUT2D eigenvalue weighted by molar-refractivity contribution is -0.577. The Morgan fingerprint density at radius 1 is 1.15 bits per heavy atom. The van der Waals surface area contributed by atoms with E-state index in [1.54, 1.807) is 55.5 Å². The van der Waals surface area contributed by atoms with Crippen molar-refractivity contribution < 1.29 is 22.7 Å². The molecule has 2 aromatic carbocycles. The third-order valence-electron chi connectivity index (χ3n) is 5.38. The summed E-state index contributed by atoms with van der Waals surface area (Å²) in [4.78, 5) is 14.5. The second-order valence-electron chi connectivity index (χ2n) is 7.51. The highest BCUT2D eigenvalue weighted by atomic mass is 35.5. The Morgan fingerprint density at radius 3 is 2.58 bits per heavy atom. The fraction of sp³-hybridized carbons (Fsp3) is 0.174. The van der Waals surface area contributed by atoms with Crippen molar-refractivity contribution in [2.75, 3.05) is 11.9 Å². The summed E-state index contributed by atoms with van der Waals surface area (Å²) < 4.78 is 42.1. The van der Waals surface area contributed by atoms with Crippen LogP contribution >= 0.6 is 11.6 Å². The van der Waals surface area contributed by atoms with Gasteiger partial charge in [0.25, 0.3) is 0 Å². The molecule has 0 aliphatic carbocycles. The van der Waals surface area contributed by atoms with Crippen LogP contribution in [0.15, 0.2) is 66.9 Å². The van der Waals surface area contributed by atoms with Gasteiger partial charge in [-0.1, -0.05) is 29.8 Å². The van der Waals surface area contributed by atoms with Crippen LogP contribution in [0.4, 0.5) is 19.0 Å². The molecule has 33 heavy (non-hydrogen) atoms. The minimum Gasteiger partial charge on any atom is -0.618 e. The summed E-state index contributed by atoms with van der Waals surface area (Å²) in [6, 6.07) is 15.3. The lowest BCUT2D eigenvalue weighted by atomic mass is 9.95. The first-order chi connectivity index (χ1) is 15.6. The number of hydrogen-bond acceptors (Lipinski definition) is 3. The number of carbonyl (C=O) groups excluding carboxylic acids is 1. The SMILES string of the molecule is CC(C(=O)N(C)c1cc(C(F)(F)F)nn1-c1cccc(Cl)c1)c1cccc2c1ccc[n+]2[O-]. The first-order valence-electron chi connectivity index (χ1n) is 9.89. The number of likely N-dealkylation sites (N-methyl/N-ethyl adjacent to an activating group) is 1. The standard InChI is InChI=1S/C23H18ClF3N4O2/c1-14(17-8-4-10-19-18(17)9-5-11-30(19)33)22(32)29(2)21-13-20(23(25,26)27)28-31(21)16-7-3-6-15(24)12-16/h3-14H,1-2H3. The molecule has 0 saturated heterocycles. The van der Waals surface area contributed by atoms with Crippen LogP contribution in [0.3, 0.4) is 0 Å². The molecule has 0 radical (unpaired) electrons. The molecule has 4 aromatic rings. The Hall–Kier alpha value is -3.59. The fourth-order valence-electron chi connectivity index (χ4n) is 3.70. The second-order valence-corrected chi connectivity index (χ2v) is 7.95. The number of alkyl halides is 3. The van der Waals surface area contributed by atoms with Gasteiger partial charge in [0.1, 0.15) is 5.82 Å². The van der Waals surface area contributed by atoms with Gasteiger partial charge in [-0.15, -0.1) is 0 Å². The molecule has 1 unspecified atom stereocenters. The molecule has 1 atom stereocenters. The van der Waals surface area contributed by atoms with Crippen LogP contribution in [-0.4, -0.2) is 22.7 Å². The van der Waals surface area contributed by atoms with E-state index in [4.69, 9.17) is 11.6 Å². The van der Waals surface area contributed by atoms with Crippen molar-refractivity contribution in [2.24, 2.45) is 0 Å². The highest BCUT2D eigenvalue weighted by Crippen LogP contribution is 2.34. The van der Waals surface area contributed by atoms with Gasteiger partial charge < -0.3 is 5.21 Å². The maximum atomic E-state index is 13.4. The van der Waals surface area contributed by atoms with Crippen molar-refractivity contribution in [3.63, 3.8) is 0 Å². The Kier molecular flexibility index (Phi) is 5.75. The van der Waals surface area contributed by atoms with Crippen molar-refractivity contribution in [1.29, 1.82) is 0 Å². The summed E-state index contributed by atoms with van der Waals surface area (Å²) in [5, 5.41) is 16.7. The van der Waals surface area contributed by atoms with Crippen LogP contribution in [0.25, 0.3) is 16.6 Å². The quantitative estimate of drug-likeness (QED) is 0.305. The van der Waals surface area contributed by atoms with E-state index < -0.39 is 23.7 Å². The van der Waals surface area contributed by atoms with Crippen molar-refractivity contribution in [2.45, 2.75) is 19.0 Å². The number of benzene rings is 2. The summed E-state index contributed by atoms with van der Waals surface area (Å²) in [7, 11) is 1.38. The van der Waals surface area contributed by atoms with E-state index in [0.717, 1.165) is 15.6 Å². The molecule has 2 heterocycles. The number of rotatable bonds is 4. The number of fused-ring (bicyclic) bond motifs is 1. The number of halogens is 4. The van der Waals surface area contributed by atoms with E-state index in [-0.39, 0.29) is 11.5 Å². The molecule has 2 aromatic heterocycles. The van der Waals surface area contributed by atoms with E-state index in [0.29, 0.717) is 26.2 Å². The van der Waals surface area contributed by atoms with Gasteiger partial charge in [0, 0.05) is 30.3 Å². The smallest absolute Gasteiger partial charge is 0.435 e. The third-order valence-corrected chi connectivity index (χ3v) is 5.62. The highest BCUT2D eigenvalue weighted by Gasteiger charge is 2.37. The third kappa shape index (κ3) is 4.23. The summed E-state index contributed by atoms with van der Waals surface area (Å²) in [6.45, 7) is 1.64. The normalized spacial score (nSPS) is 12.7. The average molecular weight is 475 g/mol. The summed E-state index contributed by atoms with van der Waals surface area (Å²) >= 11 is 6.01. The molecule has 4 rings (SSSR count). The zero-order valence-electron chi connectivity index (χ0n) is 17.5. The van der Waals surface area contributed by atoms with Gasteiger partial charge >= 0.3 is 6.18 Å². The molecule has 0 aliphatic rings. The van der Waals surface area contributed by atoms with Gasteiger partial charge in [0.2, 0.25) is 11.4 Å². The number of hydrogen-bond donors (Lipinski definition) is 0. The lowest BCUT2D eigenvalue weighted by Crippen LogP contribution is -2.32. The number of amides is 1. The van der Waals surface area contributed by atoms with Gasteiger partial charge in [-0.2, -0.15) is 23.0 Å². The summed E-state index contributed by atoms with van der Waals surface area (Å²) in [5.41, 5.74) is 0.111. The Morgan fingerprint density at radius 2 is 1.88 bits per heavy atom. The molecule has 0 fully saturated rings. The topological polar surface area (TPSA) is 65.1 Å². The molecule has 0 bridgehead atoms. The van der Waals surface area contributed by atoms with E-state index >= 15 is 0 Å².